The molecule has 11 heteroatoms. The Morgan fingerprint density at radius 1 is 1.18 bits per heavy atom. The molecule has 1 aliphatic rings. The van der Waals surface area contributed by atoms with Gasteiger partial charge in [-0.15, -0.1) is 0 Å². The van der Waals surface area contributed by atoms with E-state index in [1.807, 2.05) is 0 Å². The van der Waals surface area contributed by atoms with Crippen LogP contribution in [0.1, 0.15) is 19.8 Å². The van der Waals surface area contributed by atoms with E-state index in [0.717, 1.165) is 18.2 Å². The van der Waals surface area contributed by atoms with Gasteiger partial charge in [0.1, 0.15) is 0 Å². The number of carbonyl (C=O) groups is 1. The van der Waals surface area contributed by atoms with Crippen LogP contribution in [-0.2, 0) is 8.54 Å². The van der Waals surface area contributed by atoms with Crippen LogP contribution in [0.25, 0.3) is 0 Å². The van der Waals surface area contributed by atoms with Crippen molar-refractivity contribution in [1.29, 1.82) is 0 Å². The number of rotatable bonds is 9. The predicted molar refractivity (Wildman–Crippen MR) is 122 cm³/mol. The smallest absolute Gasteiger partial charge is 0.321 e. The van der Waals surface area contributed by atoms with Crippen molar-refractivity contribution in [3.63, 3.8) is 0 Å². The van der Waals surface area contributed by atoms with Crippen molar-refractivity contribution in [2.75, 3.05) is 12.8 Å². The Labute approximate surface area is 172 Å². The van der Waals surface area contributed by atoms with Gasteiger partial charge in [-0.3, -0.25) is 5.32 Å². The number of hydrogen-bond acceptors (Lipinski definition) is 6. The summed E-state index contributed by atoms with van der Waals surface area (Å²) < 4.78 is 12.7. The molecule has 0 aromatic rings. The van der Waals surface area contributed by atoms with Gasteiger partial charge in [0.05, 0.1) is 6.23 Å². The van der Waals surface area contributed by atoms with Gasteiger partial charge in [-0.25, -0.2) is 14.8 Å². The maximum atomic E-state index is 12.0. The van der Waals surface area contributed by atoms with Crippen molar-refractivity contribution in [3.8, 4) is 0 Å². The Morgan fingerprint density at radius 2 is 1.82 bits per heavy atom. The van der Waals surface area contributed by atoms with E-state index in [4.69, 9.17) is 8.54 Å². The van der Waals surface area contributed by atoms with Crippen LogP contribution < -0.4 is 10.6 Å². The van der Waals surface area contributed by atoms with Gasteiger partial charge < -0.3 is 19.0 Å². The molecule has 2 atom stereocenters. The van der Waals surface area contributed by atoms with Crippen molar-refractivity contribution in [1.82, 2.24) is 10.6 Å². The zero-order valence-electron chi connectivity index (χ0n) is 18.7. The first kappa shape index (κ1) is 25.2. The van der Waals surface area contributed by atoms with Crippen LogP contribution in [0.2, 0.25) is 51.9 Å². The van der Waals surface area contributed by atoms with Crippen LogP contribution in [-0.4, -0.2) is 66.8 Å². The largest absolute Gasteiger partial charge is 0.454 e. The Bertz CT molecular complexity index is 602. The first-order valence-electron chi connectivity index (χ1n) is 9.86. The van der Waals surface area contributed by atoms with Crippen molar-refractivity contribution in [2.45, 2.75) is 77.9 Å². The highest BCUT2D eigenvalue weighted by atomic mass is 28.4. The lowest BCUT2D eigenvalue weighted by Crippen LogP contribution is -2.51. The molecule has 0 saturated heterocycles. The standard InChI is InChI=1S/C17H38N4O4Si3/c1-14-12-15(22)20-16(19-14)21-17(23)18-10-9-11-28(8,25-27(5,6)7)13-24-26(2,3)4/h15,22H,9-13H2,1-8H3,(H2,18,20,21,23). The summed E-state index contributed by atoms with van der Waals surface area (Å²) >= 11 is 0. The fraction of sp³-hybridized carbons (Fsp3) is 0.824. The van der Waals surface area contributed by atoms with Crippen LogP contribution in [0.4, 0.5) is 4.79 Å². The molecule has 1 heterocycles. The second kappa shape index (κ2) is 10.3. The topological polar surface area (TPSA) is 105 Å². The van der Waals surface area contributed by atoms with Gasteiger partial charge in [-0.1, -0.05) is 0 Å². The van der Waals surface area contributed by atoms with Gasteiger partial charge in [-0.2, -0.15) is 0 Å². The van der Waals surface area contributed by atoms with E-state index in [9.17, 15) is 9.90 Å². The fourth-order valence-electron chi connectivity index (χ4n) is 2.84. The molecule has 8 nitrogen and oxygen atoms in total. The van der Waals surface area contributed by atoms with Gasteiger partial charge in [0, 0.05) is 18.7 Å². The molecule has 0 bridgehead atoms. The lowest BCUT2D eigenvalue weighted by atomic mass is 10.2. The van der Waals surface area contributed by atoms with Crippen LogP contribution in [0, 0.1) is 0 Å². The van der Waals surface area contributed by atoms with E-state index in [2.05, 4.69) is 66.4 Å². The van der Waals surface area contributed by atoms with Crippen molar-refractivity contribution in [3.05, 3.63) is 0 Å². The molecular formula is C17H38N4O4Si3. The number of carbonyl (C=O) groups excluding carboxylic acids is 1. The second-order valence-corrected chi connectivity index (χ2v) is 22.8. The summed E-state index contributed by atoms with van der Waals surface area (Å²) in [6.45, 7) is 17.8. The molecule has 2 amide bonds. The summed E-state index contributed by atoms with van der Waals surface area (Å²) in [5.74, 6) is 0.151. The van der Waals surface area contributed by atoms with E-state index in [-0.39, 0.29) is 12.0 Å². The minimum absolute atomic E-state index is 0.151. The summed E-state index contributed by atoms with van der Waals surface area (Å²) in [6.07, 6.45) is 1.09. The van der Waals surface area contributed by atoms with Gasteiger partial charge in [0.2, 0.25) is 14.3 Å². The Kier molecular flexibility index (Phi) is 9.22. The fourth-order valence-corrected chi connectivity index (χ4v) is 13.4. The SMILES string of the molecule is CC1=NC(NC(=O)NCCC[Si](C)(CO[Si](C)(C)C)O[Si](C)(C)C)=NC(O)C1. The van der Waals surface area contributed by atoms with Crippen LogP contribution >= 0.6 is 0 Å². The average molecular weight is 447 g/mol. The number of hydrogen-bond donors (Lipinski definition) is 3. The monoisotopic (exact) mass is 446 g/mol. The van der Waals surface area contributed by atoms with Crippen LogP contribution in [0.3, 0.4) is 0 Å². The lowest BCUT2D eigenvalue weighted by Gasteiger charge is -2.36. The predicted octanol–water partition coefficient (Wildman–Crippen LogP) is 3.03. The first-order valence-corrected chi connectivity index (χ1v) is 19.5. The highest BCUT2D eigenvalue weighted by Gasteiger charge is 2.35. The molecule has 0 fully saturated rings. The van der Waals surface area contributed by atoms with E-state index < -0.39 is 31.2 Å². The lowest BCUT2D eigenvalue weighted by molar-refractivity contribution is 0.190. The van der Waals surface area contributed by atoms with E-state index in [1.165, 1.54) is 0 Å². The van der Waals surface area contributed by atoms with Crippen LogP contribution in [0.15, 0.2) is 9.98 Å². The van der Waals surface area contributed by atoms with Gasteiger partial charge in [0.25, 0.3) is 0 Å². The summed E-state index contributed by atoms with van der Waals surface area (Å²) in [7, 11) is -5.27. The number of amides is 2. The Hall–Kier alpha value is -0.859. The number of aliphatic hydroxyl groups is 1. The number of guanidine groups is 1. The van der Waals surface area contributed by atoms with Crippen molar-refractivity contribution >= 4 is 42.7 Å². The number of nitrogens with zero attached hydrogens (tertiary/aromatic N) is 2. The normalized spacial score (nSPS) is 20.1. The summed E-state index contributed by atoms with van der Waals surface area (Å²) in [4.78, 5) is 20.1. The minimum Gasteiger partial charge on any atom is -0.454 e. The molecule has 0 saturated carbocycles. The zero-order chi connectivity index (χ0) is 21.6. The quantitative estimate of drug-likeness (QED) is 0.374. The number of nitrogens with one attached hydrogen (secondary N) is 2. The molecule has 1 rings (SSSR count). The highest BCUT2D eigenvalue weighted by Crippen LogP contribution is 2.22. The van der Waals surface area contributed by atoms with Gasteiger partial charge in [-0.05, 0) is 65.2 Å². The highest BCUT2D eigenvalue weighted by molar-refractivity contribution is 6.85. The number of aliphatic hydroxyl groups excluding tert-OH is 1. The Morgan fingerprint density at radius 3 is 2.36 bits per heavy atom. The zero-order valence-corrected chi connectivity index (χ0v) is 21.7. The third kappa shape index (κ3) is 11.2. The van der Waals surface area contributed by atoms with E-state index in [1.54, 1.807) is 6.92 Å². The molecule has 0 aliphatic carbocycles. The van der Waals surface area contributed by atoms with E-state index >= 15 is 0 Å². The molecule has 0 aromatic carbocycles. The molecule has 1 aliphatic heterocycles. The maximum Gasteiger partial charge on any atom is 0.321 e. The van der Waals surface area contributed by atoms with E-state index in [0.29, 0.717) is 19.2 Å². The van der Waals surface area contributed by atoms with Gasteiger partial charge >= 0.3 is 6.03 Å². The van der Waals surface area contributed by atoms with Crippen molar-refractivity contribution in [2.24, 2.45) is 9.98 Å². The maximum absolute atomic E-state index is 12.0. The summed E-state index contributed by atoms with van der Waals surface area (Å²) in [5, 5.41) is 15.0. The molecule has 0 aromatic heterocycles. The summed E-state index contributed by atoms with van der Waals surface area (Å²) in [5.41, 5.74) is 0.741. The number of urea groups is 1. The van der Waals surface area contributed by atoms with Crippen LogP contribution in [0.5, 0.6) is 0 Å². The molecular weight excluding hydrogens is 408 g/mol. The minimum atomic E-state index is -2.00. The van der Waals surface area contributed by atoms with Gasteiger partial charge in [0.15, 0.2) is 22.9 Å². The first-order chi connectivity index (χ1) is 12.7. The number of aliphatic imine (C=N–C) groups is 2. The Balaban J connectivity index is 2.49. The second-order valence-electron chi connectivity index (χ2n) is 9.53. The molecule has 0 spiro atoms. The molecule has 2 unspecified atom stereocenters. The molecule has 0 radical (unpaired) electrons. The van der Waals surface area contributed by atoms with Crippen molar-refractivity contribution < 1.29 is 18.4 Å². The summed E-state index contributed by atoms with van der Waals surface area (Å²) in [6, 6.07) is 0.566. The molecule has 28 heavy (non-hydrogen) atoms. The molecule has 162 valence electrons. The third-order valence-corrected chi connectivity index (χ3v) is 11.7. The third-order valence-electron chi connectivity index (χ3n) is 3.80. The average Bonchev–Trinajstić information content (AvgIpc) is 2.46. The molecule has 3 N–H and O–H groups in total.